The van der Waals surface area contributed by atoms with Crippen molar-refractivity contribution in [3.63, 3.8) is 0 Å². The van der Waals surface area contributed by atoms with Gasteiger partial charge in [-0.2, -0.15) is 0 Å². The Labute approximate surface area is 121 Å². The van der Waals surface area contributed by atoms with E-state index in [4.69, 9.17) is 10.5 Å². The smallest absolute Gasteiger partial charge is 0.227 e. The molecule has 1 amide bonds. The average molecular weight is 278 g/mol. The lowest BCUT2D eigenvalue weighted by atomic mass is 9.81. The van der Waals surface area contributed by atoms with Crippen LogP contribution in [0.1, 0.15) is 33.1 Å². The first-order chi connectivity index (χ1) is 9.68. The van der Waals surface area contributed by atoms with Gasteiger partial charge in [0.1, 0.15) is 5.75 Å². The lowest BCUT2D eigenvalue weighted by molar-refractivity contribution is -0.131. The summed E-state index contributed by atoms with van der Waals surface area (Å²) in [5.41, 5.74) is 5.33. The minimum absolute atomic E-state index is 0.0599. The summed E-state index contributed by atoms with van der Waals surface area (Å²) in [6.07, 6.45) is 2.33. The number of carbonyl (C=O) groups excluding carboxylic acids is 1. The minimum atomic E-state index is -0.416. The number of nitrogens with one attached hydrogen (secondary N) is 1. The van der Waals surface area contributed by atoms with E-state index in [-0.39, 0.29) is 5.91 Å². The summed E-state index contributed by atoms with van der Waals surface area (Å²) in [5, 5.41) is 2.96. The van der Waals surface area contributed by atoms with E-state index in [0.29, 0.717) is 19.7 Å². The average Bonchev–Trinajstić information content (AvgIpc) is 2.50. The van der Waals surface area contributed by atoms with E-state index in [9.17, 15) is 4.79 Å². The van der Waals surface area contributed by atoms with Gasteiger partial charge in [-0.3, -0.25) is 4.79 Å². The molecule has 4 heteroatoms. The Morgan fingerprint density at radius 1 is 1.25 bits per heavy atom. The van der Waals surface area contributed by atoms with Crippen LogP contribution in [0.25, 0.3) is 0 Å². The predicted molar refractivity (Wildman–Crippen MR) is 81.6 cm³/mol. The number of hydrogen-bond acceptors (Lipinski definition) is 3. The number of nitrogens with two attached hydrogens (primary N) is 1. The van der Waals surface area contributed by atoms with Crippen LogP contribution in [0.2, 0.25) is 0 Å². The Morgan fingerprint density at radius 2 is 1.90 bits per heavy atom. The fraction of sp³-hybridized carbons (Fsp3) is 0.562. The molecule has 0 atom stereocenters. The third kappa shape index (κ3) is 4.53. The molecule has 0 saturated heterocycles. The van der Waals surface area contributed by atoms with Crippen LogP contribution in [-0.4, -0.2) is 25.6 Å². The summed E-state index contributed by atoms with van der Waals surface area (Å²) in [5.74, 6) is 0.918. The molecule has 1 rings (SSSR count). The van der Waals surface area contributed by atoms with E-state index in [1.54, 1.807) is 0 Å². The van der Waals surface area contributed by atoms with Gasteiger partial charge in [-0.05, 0) is 31.4 Å². The molecule has 0 aromatic heterocycles. The highest BCUT2D eigenvalue weighted by molar-refractivity contribution is 5.82. The van der Waals surface area contributed by atoms with E-state index < -0.39 is 5.41 Å². The predicted octanol–water partition coefficient (Wildman–Crippen LogP) is 2.34. The molecule has 0 saturated carbocycles. The zero-order valence-corrected chi connectivity index (χ0v) is 12.5. The van der Waals surface area contributed by atoms with Gasteiger partial charge in [0, 0.05) is 13.1 Å². The van der Waals surface area contributed by atoms with Crippen LogP contribution >= 0.6 is 0 Å². The lowest BCUT2D eigenvalue weighted by Crippen LogP contribution is -2.45. The summed E-state index contributed by atoms with van der Waals surface area (Å²) in [7, 11) is 0. The summed E-state index contributed by atoms with van der Waals surface area (Å²) < 4.78 is 5.58. The molecule has 0 unspecified atom stereocenters. The monoisotopic (exact) mass is 278 g/mol. The van der Waals surface area contributed by atoms with E-state index in [1.165, 1.54) is 0 Å². The van der Waals surface area contributed by atoms with Gasteiger partial charge in [0.25, 0.3) is 0 Å². The maximum absolute atomic E-state index is 12.2. The maximum Gasteiger partial charge on any atom is 0.227 e. The SMILES string of the molecule is CCC(CC)(CN)C(=O)NCCCOc1ccccc1. The number of amides is 1. The van der Waals surface area contributed by atoms with Gasteiger partial charge >= 0.3 is 0 Å². The second-order valence-corrected chi connectivity index (χ2v) is 4.96. The van der Waals surface area contributed by atoms with E-state index >= 15 is 0 Å². The van der Waals surface area contributed by atoms with Crippen LogP contribution < -0.4 is 15.8 Å². The van der Waals surface area contributed by atoms with Crippen molar-refractivity contribution in [2.45, 2.75) is 33.1 Å². The molecule has 0 spiro atoms. The molecular weight excluding hydrogens is 252 g/mol. The molecule has 0 aliphatic heterocycles. The molecule has 0 aliphatic carbocycles. The largest absolute Gasteiger partial charge is 0.494 e. The van der Waals surface area contributed by atoms with Gasteiger partial charge in [0.2, 0.25) is 5.91 Å². The Bertz CT molecular complexity index is 380. The zero-order chi connectivity index (χ0) is 14.8. The van der Waals surface area contributed by atoms with E-state index in [1.807, 2.05) is 44.2 Å². The topological polar surface area (TPSA) is 64.4 Å². The standard InChI is InChI=1S/C16H26N2O2/c1-3-16(4-2,13-17)15(19)18-11-8-12-20-14-9-6-5-7-10-14/h5-7,9-10H,3-4,8,11-13,17H2,1-2H3,(H,18,19). The first kappa shape index (κ1) is 16.5. The molecule has 4 nitrogen and oxygen atoms in total. The van der Waals surface area contributed by atoms with E-state index in [2.05, 4.69) is 5.32 Å². The van der Waals surface area contributed by atoms with Gasteiger partial charge in [-0.25, -0.2) is 0 Å². The number of ether oxygens (including phenoxy) is 1. The van der Waals surface area contributed by atoms with Crippen LogP contribution in [0.3, 0.4) is 0 Å². The molecule has 1 aromatic carbocycles. The van der Waals surface area contributed by atoms with E-state index in [0.717, 1.165) is 25.0 Å². The van der Waals surface area contributed by atoms with Crippen molar-refractivity contribution < 1.29 is 9.53 Å². The first-order valence-electron chi connectivity index (χ1n) is 7.34. The summed E-state index contributed by atoms with van der Waals surface area (Å²) in [4.78, 5) is 12.2. The van der Waals surface area contributed by atoms with Crippen LogP contribution in [0.15, 0.2) is 30.3 Å². The summed E-state index contributed by atoms with van der Waals surface area (Å²) in [6, 6.07) is 9.68. The Hall–Kier alpha value is -1.55. The van der Waals surface area contributed by atoms with Crippen molar-refractivity contribution in [3.05, 3.63) is 30.3 Å². The van der Waals surface area contributed by atoms with Crippen molar-refractivity contribution in [2.75, 3.05) is 19.7 Å². The number of benzene rings is 1. The molecule has 0 bridgehead atoms. The van der Waals surface area contributed by atoms with Gasteiger partial charge < -0.3 is 15.8 Å². The Morgan fingerprint density at radius 3 is 2.45 bits per heavy atom. The molecule has 0 fully saturated rings. The Balaban J connectivity index is 2.25. The zero-order valence-electron chi connectivity index (χ0n) is 12.5. The Kier molecular flexibility index (Phi) is 7.09. The van der Waals surface area contributed by atoms with Gasteiger partial charge in [0.05, 0.1) is 12.0 Å². The molecule has 112 valence electrons. The highest BCUT2D eigenvalue weighted by atomic mass is 16.5. The van der Waals surface area contributed by atoms with Crippen molar-refractivity contribution in [3.8, 4) is 5.75 Å². The number of hydrogen-bond donors (Lipinski definition) is 2. The quantitative estimate of drug-likeness (QED) is 0.681. The van der Waals surface area contributed by atoms with Gasteiger partial charge in [-0.15, -0.1) is 0 Å². The third-order valence-corrected chi connectivity index (χ3v) is 3.84. The van der Waals surface area contributed by atoms with Crippen molar-refractivity contribution in [1.29, 1.82) is 0 Å². The molecule has 3 N–H and O–H groups in total. The molecule has 1 aromatic rings. The second kappa shape index (κ2) is 8.59. The maximum atomic E-state index is 12.2. The third-order valence-electron chi connectivity index (χ3n) is 3.84. The van der Waals surface area contributed by atoms with Gasteiger partial charge in [-0.1, -0.05) is 32.0 Å². The van der Waals surface area contributed by atoms with Crippen molar-refractivity contribution in [2.24, 2.45) is 11.1 Å². The van der Waals surface area contributed by atoms with Crippen LogP contribution in [0.4, 0.5) is 0 Å². The van der Waals surface area contributed by atoms with Crippen LogP contribution in [0.5, 0.6) is 5.75 Å². The normalized spacial score (nSPS) is 11.2. The van der Waals surface area contributed by atoms with Crippen molar-refractivity contribution in [1.82, 2.24) is 5.32 Å². The number of rotatable bonds is 9. The van der Waals surface area contributed by atoms with Gasteiger partial charge in [0.15, 0.2) is 0 Å². The molecule has 0 radical (unpaired) electrons. The highest BCUT2D eigenvalue weighted by Crippen LogP contribution is 2.24. The second-order valence-electron chi connectivity index (χ2n) is 4.96. The minimum Gasteiger partial charge on any atom is -0.494 e. The molecule has 0 heterocycles. The fourth-order valence-electron chi connectivity index (χ4n) is 2.12. The summed E-state index contributed by atoms with van der Waals surface area (Å²) in [6.45, 7) is 5.63. The number of para-hydroxylation sites is 1. The fourth-order valence-corrected chi connectivity index (χ4v) is 2.12. The summed E-state index contributed by atoms with van der Waals surface area (Å²) >= 11 is 0. The first-order valence-corrected chi connectivity index (χ1v) is 7.34. The number of carbonyl (C=O) groups is 1. The van der Waals surface area contributed by atoms with Crippen LogP contribution in [-0.2, 0) is 4.79 Å². The van der Waals surface area contributed by atoms with Crippen molar-refractivity contribution >= 4 is 5.91 Å². The molecule has 20 heavy (non-hydrogen) atoms. The highest BCUT2D eigenvalue weighted by Gasteiger charge is 2.32. The molecule has 0 aliphatic rings. The lowest BCUT2D eigenvalue weighted by Gasteiger charge is -2.28. The molecular formula is C16H26N2O2. The van der Waals surface area contributed by atoms with Crippen LogP contribution in [0, 0.1) is 5.41 Å².